The van der Waals surface area contributed by atoms with E-state index in [1.54, 1.807) is 11.3 Å². The minimum atomic E-state index is 0.253. The molecule has 0 aliphatic rings. The molecule has 5 heteroatoms. The third kappa shape index (κ3) is 3.28. The molecule has 0 radical (unpaired) electrons. The van der Waals surface area contributed by atoms with Crippen LogP contribution in [0.4, 0.5) is 11.6 Å². The van der Waals surface area contributed by atoms with Crippen LogP contribution in [-0.4, -0.2) is 16.5 Å². The Morgan fingerprint density at radius 1 is 1.25 bits per heavy atom. The first-order chi connectivity index (χ1) is 9.65. The highest BCUT2D eigenvalue weighted by Crippen LogP contribution is 2.26. The molecule has 2 heterocycles. The van der Waals surface area contributed by atoms with Crippen LogP contribution in [0, 0.1) is 6.92 Å². The molecule has 0 spiro atoms. The van der Waals surface area contributed by atoms with Gasteiger partial charge in [0.2, 0.25) is 0 Å². The predicted octanol–water partition coefficient (Wildman–Crippen LogP) is 4.01. The highest BCUT2D eigenvalue weighted by molar-refractivity contribution is 7.10. The van der Waals surface area contributed by atoms with Gasteiger partial charge in [-0.05, 0) is 32.2 Å². The van der Waals surface area contributed by atoms with Gasteiger partial charge in [0.15, 0.2) is 0 Å². The van der Waals surface area contributed by atoms with Crippen molar-refractivity contribution in [2.24, 2.45) is 0 Å². The predicted molar refractivity (Wildman–Crippen MR) is 86.7 cm³/mol. The molecule has 2 N–H and O–H groups in total. The summed E-state index contributed by atoms with van der Waals surface area (Å²) < 4.78 is 0. The van der Waals surface area contributed by atoms with Gasteiger partial charge in [0.1, 0.15) is 17.5 Å². The number of anilines is 2. The van der Waals surface area contributed by atoms with Crippen LogP contribution in [0.25, 0.3) is 0 Å². The van der Waals surface area contributed by atoms with E-state index in [0.717, 1.165) is 36.0 Å². The quantitative estimate of drug-likeness (QED) is 0.844. The van der Waals surface area contributed by atoms with E-state index in [-0.39, 0.29) is 6.04 Å². The Balaban J connectivity index is 2.28. The third-order valence-electron chi connectivity index (χ3n) is 3.18. The minimum absolute atomic E-state index is 0.253. The number of hydrogen-bond donors (Lipinski definition) is 2. The maximum absolute atomic E-state index is 4.63. The molecule has 2 aromatic heterocycles. The highest BCUT2D eigenvalue weighted by Gasteiger charge is 2.13. The van der Waals surface area contributed by atoms with Gasteiger partial charge in [-0.25, -0.2) is 9.97 Å². The SMILES string of the molecule is CCNc1nc(CC)nc(NC(C)c2cccs2)c1C. The summed E-state index contributed by atoms with van der Waals surface area (Å²) in [6.07, 6.45) is 0.834. The molecule has 4 nitrogen and oxygen atoms in total. The maximum Gasteiger partial charge on any atom is 0.135 e. The normalized spacial score (nSPS) is 12.2. The molecule has 2 aromatic rings. The first-order valence-electron chi connectivity index (χ1n) is 7.07. The second-order valence-corrected chi connectivity index (χ2v) is 5.71. The average Bonchev–Trinajstić information content (AvgIpc) is 2.97. The van der Waals surface area contributed by atoms with Gasteiger partial charge in [0, 0.05) is 23.4 Å². The Bertz CT molecular complexity index is 551. The summed E-state index contributed by atoms with van der Waals surface area (Å²) in [5.74, 6) is 2.72. The zero-order valence-electron chi connectivity index (χ0n) is 12.5. The lowest BCUT2D eigenvalue weighted by Crippen LogP contribution is -2.13. The molecule has 0 aromatic carbocycles. The van der Waals surface area contributed by atoms with Gasteiger partial charge >= 0.3 is 0 Å². The Kier molecular flexibility index (Phi) is 4.95. The van der Waals surface area contributed by atoms with Crippen molar-refractivity contribution >= 4 is 23.0 Å². The smallest absolute Gasteiger partial charge is 0.135 e. The van der Waals surface area contributed by atoms with Crippen molar-refractivity contribution in [3.63, 3.8) is 0 Å². The fourth-order valence-corrected chi connectivity index (χ4v) is 2.75. The van der Waals surface area contributed by atoms with Crippen LogP contribution >= 0.6 is 11.3 Å². The summed E-state index contributed by atoms with van der Waals surface area (Å²) in [5, 5.41) is 8.91. The summed E-state index contributed by atoms with van der Waals surface area (Å²) >= 11 is 1.76. The largest absolute Gasteiger partial charge is 0.370 e. The van der Waals surface area contributed by atoms with E-state index in [4.69, 9.17) is 0 Å². The van der Waals surface area contributed by atoms with Crippen LogP contribution in [-0.2, 0) is 6.42 Å². The minimum Gasteiger partial charge on any atom is -0.370 e. The standard InChI is InChI=1S/C15H22N4S/c1-5-13-18-14(16-6-2)10(3)15(19-13)17-11(4)12-8-7-9-20-12/h7-9,11H,5-6H2,1-4H3,(H2,16,17,18,19). The summed E-state index contributed by atoms with van der Waals surface area (Å²) in [6, 6.07) is 4.47. The van der Waals surface area contributed by atoms with E-state index in [0.29, 0.717) is 0 Å². The maximum atomic E-state index is 4.63. The number of aryl methyl sites for hydroxylation is 1. The van der Waals surface area contributed by atoms with E-state index in [1.807, 2.05) is 0 Å². The second-order valence-electron chi connectivity index (χ2n) is 4.73. The topological polar surface area (TPSA) is 49.8 Å². The van der Waals surface area contributed by atoms with Crippen LogP contribution in [0.15, 0.2) is 17.5 Å². The summed E-state index contributed by atoms with van der Waals surface area (Å²) in [5.41, 5.74) is 1.08. The van der Waals surface area contributed by atoms with Gasteiger partial charge in [-0.2, -0.15) is 0 Å². The fraction of sp³-hybridized carbons (Fsp3) is 0.467. The molecule has 0 saturated carbocycles. The zero-order valence-corrected chi connectivity index (χ0v) is 13.3. The first kappa shape index (κ1) is 14.8. The molecule has 0 aliphatic heterocycles. The lowest BCUT2D eigenvalue weighted by molar-refractivity contribution is 0.865. The van der Waals surface area contributed by atoms with Crippen molar-refractivity contribution in [3.8, 4) is 0 Å². The van der Waals surface area contributed by atoms with Crippen molar-refractivity contribution in [2.75, 3.05) is 17.2 Å². The van der Waals surface area contributed by atoms with Gasteiger partial charge in [-0.15, -0.1) is 11.3 Å². The molecular formula is C15H22N4S. The van der Waals surface area contributed by atoms with E-state index in [9.17, 15) is 0 Å². The summed E-state index contributed by atoms with van der Waals surface area (Å²) in [6.45, 7) is 9.23. The average molecular weight is 290 g/mol. The van der Waals surface area contributed by atoms with E-state index in [2.05, 4.69) is 65.8 Å². The lowest BCUT2D eigenvalue weighted by Gasteiger charge is -2.18. The highest BCUT2D eigenvalue weighted by atomic mass is 32.1. The molecule has 108 valence electrons. The zero-order chi connectivity index (χ0) is 14.5. The Hall–Kier alpha value is -1.62. The number of thiophene rings is 1. The third-order valence-corrected chi connectivity index (χ3v) is 4.23. The van der Waals surface area contributed by atoms with Crippen molar-refractivity contribution in [2.45, 2.75) is 40.2 Å². The Morgan fingerprint density at radius 3 is 2.60 bits per heavy atom. The van der Waals surface area contributed by atoms with Crippen molar-refractivity contribution < 1.29 is 0 Å². The number of rotatable bonds is 6. The lowest BCUT2D eigenvalue weighted by atomic mass is 10.2. The Morgan fingerprint density at radius 2 is 2.00 bits per heavy atom. The fourth-order valence-electron chi connectivity index (χ4n) is 2.02. The van der Waals surface area contributed by atoms with Crippen LogP contribution in [0.3, 0.4) is 0 Å². The second kappa shape index (κ2) is 6.70. The van der Waals surface area contributed by atoms with E-state index < -0.39 is 0 Å². The number of nitrogens with one attached hydrogen (secondary N) is 2. The monoisotopic (exact) mass is 290 g/mol. The molecule has 0 fully saturated rings. The van der Waals surface area contributed by atoms with Gasteiger partial charge in [-0.3, -0.25) is 0 Å². The molecule has 0 aliphatic carbocycles. The van der Waals surface area contributed by atoms with E-state index >= 15 is 0 Å². The van der Waals surface area contributed by atoms with Crippen LogP contribution in [0.1, 0.15) is 43.1 Å². The molecule has 20 heavy (non-hydrogen) atoms. The molecule has 1 atom stereocenters. The van der Waals surface area contributed by atoms with Crippen molar-refractivity contribution in [1.29, 1.82) is 0 Å². The Labute approximate surface area is 124 Å². The summed E-state index contributed by atoms with van der Waals surface area (Å²) in [4.78, 5) is 10.5. The molecule has 0 bridgehead atoms. The van der Waals surface area contributed by atoms with Crippen LogP contribution < -0.4 is 10.6 Å². The van der Waals surface area contributed by atoms with Gasteiger partial charge < -0.3 is 10.6 Å². The van der Waals surface area contributed by atoms with Gasteiger partial charge in [0.05, 0.1) is 6.04 Å². The molecule has 1 unspecified atom stereocenters. The molecule has 0 saturated heterocycles. The van der Waals surface area contributed by atoms with Gasteiger partial charge in [-0.1, -0.05) is 13.0 Å². The van der Waals surface area contributed by atoms with Crippen LogP contribution in [0.5, 0.6) is 0 Å². The summed E-state index contributed by atoms with van der Waals surface area (Å²) in [7, 11) is 0. The molecule has 2 rings (SSSR count). The molecule has 0 amide bonds. The molecular weight excluding hydrogens is 268 g/mol. The van der Waals surface area contributed by atoms with Crippen molar-refractivity contribution in [1.82, 2.24) is 9.97 Å². The first-order valence-corrected chi connectivity index (χ1v) is 7.95. The number of hydrogen-bond acceptors (Lipinski definition) is 5. The number of aromatic nitrogens is 2. The van der Waals surface area contributed by atoms with Crippen molar-refractivity contribution in [3.05, 3.63) is 33.8 Å². The number of nitrogens with zero attached hydrogens (tertiary/aromatic N) is 2. The van der Waals surface area contributed by atoms with Crippen LogP contribution in [0.2, 0.25) is 0 Å². The van der Waals surface area contributed by atoms with Gasteiger partial charge in [0.25, 0.3) is 0 Å². The van der Waals surface area contributed by atoms with E-state index in [1.165, 1.54) is 4.88 Å².